The number of aryl methyl sites for hydroxylation is 2. The van der Waals surface area contributed by atoms with Crippen LogP contribution < -0.4 is 15.4 Å². The Morgan fingerprint density at radius 3 is 2.10 bits per heavy atom. The van der Waals surface area contributed by atoms with E-state index in [9.17, 15) is 19.5 Å². The number of thiazole rings is 1. The third kappa shape index (κ3) is 5.33. The number of carbonyl (C=O) groups excluding carboxylic acids is 3. The Balaban J connectivity index is 1.71. The van der Waals surface area contributed by atoms with Crippen LogP contribution >= 0.6 is 11.3 Å². The molecule has 1 amide bonds. The molecule has 41 heavy (non-hydrogen) atoms. The predicted molar refractivity (Wildman–Crippen MR) is 153 cm³/mol. The molecule has 3 aromatic carbocycles. The van der Waals surface area contributed by atoms with E-state index in [2.05, 4.69) is 4.99 Å². The van der Waals surface area contributed by atoms with E-state index < -0.39 is 17.8 Å². The third-order valence-electron chi connectivity index (χ3n) is 6.41. The standard InChI is InChI=1S/C31H27N3O6S/c1-5-39-29(37)19-7-11-21(12-8-19)32-31-34(22-13-9-20(10-14-22)30(38)40-6-2)28(36)26(41-31)24-23-16-17(3)15-18(4)25(23)33-27(24)35/h7-16,36H,5-6H2,1-4H3. The van der Waals surface area contributed by atoms with Gasteiger partial charge in [0.2, 0.25) is 5.88 Å². The molecule has 208 valence electrons. The minimum absolute atomic E-state index is 0.189. The van der Waals surface area contributed by atoms with Gasteiger partial charge in [-0.15, -0.1) is 0 Å². The maximum absolute atomic E-state index is 13.2. The summed E-state index contributed by atoms with van der Waals surface area (Å²) in [5.41, 5.74) is 3.91. The van der Waals surface area contributed by atoms with Crippen molar-refractivity contribution in [3.8, 4) is 11.6 Å². The largest absolute Gasteiger partial charge is 0.493 e. The molecule has 9 nitrogen and oxygen atoms in total. The number of carbonyl (C=O) groups is 3. The van der Waals surface area contributed by atoms with E-state index in [4.69, 9.17) is 14.5 Å². The lowest BCUT2D eigenvalue weighted by molar-refractivity contribution is -0.112. The van der Waals surface area contributed by atoms with Gasteiger partial charge in [0.15, 0.2) is 4.80 Å². The quantitative estimate of drug-likeness (QED) is 0.338. The van der Waals surface area contributed by atoms with Gasteiger partial charge in [0, 0.05) is 5.22 Å². The van der Waals surface area contributed by atoms with Gasteiger partial charge in [0.25, 0.3) is 5.91 Å². The number of benzene rings is 3. The van der Waals surface area contributed by atoms with Crippen molar-refractivity contribution in [3.63, 3.8) is 0 Å². The van der Waals surface area contributed by atoms with E-state index in [1.807, 2.05) is 26.0 Å². The highest BCUT2D eigenvalue weighted by molar-refractivity contribution is 7.11. The number of hydrogen-bond donors (Lipinski definition) is 1. The van der Waals surface area contributed by atoms with E-state index in [1.165, 1.54) is 4.57 Å². The van der Waals surface area contributed by atoms with Gasteiger partial charge in [-0.05, 0) is 87.9 Å². The van der Waals surface area contributed by atoms with E-state index >= 15 is 0 Å². The highest BCUT2D eigenvalue weighted by Crippen LogP contribution is 2.31. The molecule has 4 aromatic rings. The number of esters is 2. The van der Waals surface area contributed by atoms with Crippen molar-refractivity contribution in [1.29, 1.82) is 0 Å². The Labute approximate surface area is 239 Å². The van der Waals surface area contributed by atoms with Crippen LogP contribution in [-0.2, 0) is 14.3 Å². The molecule has 2 heterocycles. The van der Waals surface area contributed by atoms with Gasteiger partial charge >= 0.3 is 11.9 Å². The van der Waals surface area contributed by atoms with Crippen LogP contribution in [0.15, 0.2) is 70.6 Å². The molecule has 0 fully saturated rings. The van der Waals surface area contributed by atoms with E-state index in [0.29, 0.717) is 48.3 Å². The SMILES string of the molecule is CCOC(=O)c1ccc(N=c2sc(C3=c4cc(C)cc(C)c4=NC3=O)c(O)n2-c2ccc(C(=O)OCC)cc2)cc1. The second kappa shape index (κ2) is 11.3. The molecule has 10 heteroatoms. The fourth-order valence-electron chi connectivity index (χ4n) is 4.59. The lowest BCUT2D eigenvalue weighted by Crippen LogP contribution is -2.26. The van der Waals surface area contributed by atoms with Gasteiger partial charge in [0.05, 0.1) is 46.6 Å². The average molecular weight is 570 g/mol. The summed E-state index contributed by atoms with van der Waals surface area (Å²) in [6, 6.07) is 16.9. The Kier molecular flexibility index (Phi) is 7.67. The molecule has 0 unspecified atom stereocenters. The van der Waals surface area contributed by atoms with Gasteiger partial charge in [0.1, 0.15) is 4.88 Å². The molecule has 0 saturated carbocycles. The number of aromatic hydroxyl groups is 1. The second-order valence-electron chi connectivity index (χ2n) is 9.29. The number of fused-ring (bicyclic) bond motifs is 1. The Hall–Kier alpha value is -4.83. The van der Waals surface area contributed by atoms with Crippen molar-refractivity contribution in [2.75, 3.05) is 13.2 Å². The molecule has 1 N–H and O–H groups in total. The summed E-state index contributed by atoms with van der Waals surface area (Å²) in [7, 11) is 0. The Morgan fingerprint density at radius 2 is 1.51 bits per heavy atom. The highest BCUT2D eigenvalue weighted by Gasteiger charge is 2.27. The van der Waals surface area contributed by atoms with Crippen LogP contribution in [0.1, 0.15) is 50.6 Å². The van der Waals surface area contributed by atoms with Crippen molar-refractivity contribution in [1.82, 2.24) is 4.57 Å². The maximum Gasteiger partial charge on any atom is 0.338 e. The second-order valence-corrected chi connectivity index (χ2v) is 10.3. The predicted octanol–water partition coefficient (Wildman–Crippen LogP) is 3.81. The van der Waals surface area contributed by atoms with Gasteiger partial charge in [-0.3, -0.25) is 9.36 Å². The molecule has 5 rings (SSSR count). The van der Waals surface area contributed by atoms with E-state index in [0.717, 1.165) is 22.5 Å². The zero-order valence-corrected chi connectivity index (χ0v) is 23.7. The Bertz CT molecular complexity index is 1880. The zero-order valence-electron chi connectivity index (χ0n) is 22.9. The van der Waals surface area contributed by atoms with Gasteiger partial charge in [-0.1, -0.05) is 23.0 Å². The summed E-state index contributed by atoms with van der Waals surface area (Å²) in [5.74, 6) is -1.52. The van der Waals surface area contributed by atoms with Crippen LogP contribution in [-0.4, -0.2) is 40.7 Å². The third-order valence-corrected chi connectivity index (χ3v) is 7.46. The van der Waals surface area contributed by atoms with E-state index in [1.54, 1.807) is 62.4 Å². The maximum atomic E-state index is 13.2. The normalized spacial score (nSPS) is 12.7. The van der Waals surface area contributed by atoms with Crippen molar-refractivity contribution < 1.29 is 29.0 Å². The first-order valence-corrected chi connectivity index (χ1v) is 13.8. The number of rotatable bonds is 7. The van der Waals surface area contributed by atoms with Crippen molar-refractivity contribution >= 4 is 40.4 Å². The van der Waals surface area contributed by atoms with Gasteiger partial charge in [-0.2, -0.15) is 0 Å². The molecule has 1 aliphatic rings. The van der Waals surface area contributed by atoms with Crippen molar-refractivity contribution in [2.45, 2.75) is 27.7 Å². The molecule has 1 aromatic heterocycles. The van der Waals surface area contributed by atoms with E-state index in [-0.39, 0.29) is 19.1 Å². The molecule has 0 radical (unpaired) electrons. The topological polar surface area (TPSA) is 120 Å². The Morgan fingerprint density at radius 1 is 0.927 bits per heavy atom. The summed E-state index contributed by atoms with van der Waals surface area (Å²) in [6.07, 6.45) is 0. The molecular formula is C31H27N3O6S. The zero-order chi connectivity index (χ0) is 29.3. The summed E-state index contributed by atoms with van der Waals surface area (Å²) < 4.78 is 11.6. The fraction of sp³-hybridized carbons (Fsp3) is 0.194. The number of ether oxygens (including phenoxy) is 2. The molecule has 0 saturated heterocycles. The van der Waals surface area contributed by atoms with Crippen molar-refractivity contribution in [3.05, 3.63) is 103 Å². The van der Waals surface area contributed by atoms with Crippen LogP contribution in [0.5, 0.6) is 5.88 Å². The molecule has 0 atom stereocenters. The molecule has 1 aliphatic heterocycles. The minimum Gasteiger partial charge on any atom is -0.493 e. The first-order chi connectivity index (χ1) is 19.7. The lowest BCUT2D eigenvalue weighted by Gasteiger charge is -2.08. The van der Waals surface area contributed by atoms with Crippen LogP contribution in [0, 0.1) is 13.8 Å². The van der Waals surface area contributed by atoms with Gasteiger partial charge < -0.3 is 14.6 Å². The lowest BCUT2D eigenvalue weighted by atomic mass is 10.1. The van der Waals surface area contributed by atoms with Crippen LogP contribution in [0.4, 0.5) is 5.69 Å². The first kappa shape index (κ1) is 27.7. The number of hydrogen-bond acceptors (Lipinski definition) is 8. The molecule has 0 bridgehead atoms. The molecule has 0 spiro atoms. The average Bonchev–Trinajstić information content (AvgIpc) is 3.44. The van der Waals surface area contributed by atoms with Crippen LogP contribution in [0.25, 0.3) is 11.3 Å². The number of aromatic nitrogens is 1. The smallest absolute Gasteiger partial charge is 0.338 e. The first-order valence-electron chi connectivity index (χ1n) is 13.0. The van der Waals surface area contributed by atoms with Crippen LogP contribution in [0.3, 0.4) is 0 Å². The van der Waals surface area contributed by atoms with Crippen LogP contribution in [0.2, 0.25) is 0 Å². The van der Waals surface area contributed by atoms with Crippen molar-refractivity contribution in [2.24, 2.45) is 9.98 Å². The summed E-state index contributed by atoms with van der Waals surface area (Å²) in [4.78, 5) is 47.1. The number of nitrogens with zero attached hydrogens (tertiary/aromatic N) is 3. The molecular weight excluding hydrogens is 542 g/mol. The number of amides is 1. The highest BCUT2D eigenvalue weighted by atomic mass is 32.1. The minimum atomic E-state index is -0.457. The summed E-state index contributed by atoms with van der Waals surface area (Å²) in [5, 5.41) is 12.8. The summed E-state index contributed by atoms with van der Waals surface area (Å²) in [6.45, 7) is 7.82. The monoisotopic (exact) mass is 569 g/mol. The summed E-state index contributed by atoms with van der Waals surface area (Å²) >= 11 is 1.13. The fourth-order valence-corrected chi connectivity index (χ4v) is 5.69. The van der Waals surface area contributed by atoms with Gasteiger partial charge in [-0.25, -0.2) is 19.6 Å². The molecule has 0 aliphatic carbocycles.